The first-order valence-corrected chi connectivity index (χ1v) is 5.33. The molecule has 0 fully saturated rings. The van der Waals surface area contributed by atoms with Gasteiger partial charge < -0.3 is 0 Å². The molecular formula is C7H8N2S2. The molecule has 1 aliphatic rings. The first kappa shape index (κ1) is 7.31. The number of rotatable bonds is 1. The molecule has 0 aliphatic carbocycles. The maximum atomic E-state index is 4.46. The topological polar surface area (TPSA) is 25.2 Å². The lowest BCUT2D eigenvalue weighted by molar-refractivity contribution is 0.865. The highest BCUT2D eigenvalue weighted by Crippen LogP contribution is 2.23. The zero-order valence-electron chi connectivity index (χ0n) is 6.15. The van der Waals surface area contributed by atoms with Crippen LogP contribution in [0.3, 0.4) is 0 Å². The van der Waals surface area contributed by atoms with Crippen LogP contribution in [0.15, 0.2) is 16.6 Å². The Balaban J connectivity index is 2.25. The molecule has 0 radical (unpaired) electrons. The molecule has 1 unspecified atom stereocenters. The van der Waals surface area contributed by atoms with Crippen LogP contribution in [0, 0.1) is 0 Å². The van der Waals surface area contributed by atoms with E-state index in [4.69, 9.17) is 0 Å². The molecule has 11 heavy (non-hydrogen) atoms. The van der Waals surface area contributed by atoms with Gasteiger partial charge in [0.25, 0.3) is 0 Å². The van der Waals surface area contributed by atoms with Gasteiger partial charge in [-0.25, -0.2) is 4.98 Å². The van der Waals surface area contributed by atoms with Crippen LogP contribution < -0.4 is 0 Å². The van der Waals surface area contributed by atoms with Crippen molar-refractivity contribution in [2.45, 2.75) is 13.0 Å². The summed E-state index contributed by atoms with van der Waals surface area (Å²) in [5.74, 6) is 1.11. The molecule has 0 aromatic carbocycles. The van der Waals surface area contributed by atoms with Gasteiger partial charge in [0.15, 0.2) is 0 Å². The summed E-state index contributed by atoms with van der Waals surface area (Å²) in [4.78, 5) is 8.66. The van der Waals surface area contributed by atoms with E-state index in [1.54, 1.807) is 23.1 Å². The average Bonchev–Trinajstić information content (AvgIpc) is 2.55. The number of hydrogen-bond donors (Lipinski definition) is 0. The molecule has 2 rings (SSSR count). The predicted molar refractivity (Wildman–Crippen MR) is 50.6 cm³/mol. The van der Waals surface area contributed by atoms with Gasteiger partial charge in [-0.15, -0.1) is 23.1 Å². The molecule has 4 heteroatoms. The summed E-state index contributed by atoms with van der Waals surface area (Å²) >= 11 is 3.47. The van der Waals surface area contributed by atoms with Crippen LogP contribution in [0.4, 0.5) is 0 Å². The maximum absolute atomic E-state index is 4.46. The molecule has 58 valence electrons. The van der Waals surface area contributed by atoms with E-state index in [-0.39, 0.29) is 0 Å². The lowest BCUT2D eigenvalue weighted by Crippen LogP contribution is -1.93. The van der Waals surface area contributed by atoms with Crippen molar-refractivity contribution in [3.63, 3.8) is 0 Å². The fourth-order valence-corrected chi connectivity index (χ4v) is 2.67. The van der Waals surface area contributed by atoms with Gasteiger partial charge in [0.1, 0.15) is 10.1 Å². The van der Waals surface area contributed by atoms with Crippen molar-refractivity contribution in [2.24, 2.45) is 4.99 Å². The summed E-state index contributed by atoms with van der Waals surface area (Å²) in [7, 11) is 0. The number of aromatic nitrogens is 1. The normalized spacial score (nSPS) is 23.7. The summed E-state index contributed by atoms with van der Waals surface area (Å²) in [6, 6.07) is 0.471. The SMILES string of the molecule is CC1CSC(c2nccs2)=N1. The minimum absolute atomic E-state index is 0.471. The van der Waals surface area contributed by atoms with Gasteiger partial charge in [-0.05, 0) is 6.92 Å². The minimum Gasteiger partial charge on any atom is -0.271 e. The summed E-state index contributed by atoms with van der Waals surface area (Å²) in [5.41, 5.74) is 0. The quantitative estimate of drug-likeness (QED) is 0.667. The number of thiazole rings is 1. The second kappa shape index (κ2) is 2.95. The highest BCUT2D eigenvalue weighted by atomic mass is 32.2. The molecule has 1 atom stereocenters. The van der Waals surface area contributed by atoms with Crippen LogP contribution >= 0.6 is 23.1 Å². The molecule has 1 aromatic heterocycles. The van der Waals surface area contributed by atoms with Gasteiger partial charge in [-0.2, -0.15) is 0 Å². The molecule has 0 amide bonds. The van der Waals surface area contributed by atoms with Crippen LogP contribution in [0.1, 0.15) is 11.9 Å². The van der Waals surface area contributed by atoms with Crippen molar-refractivity contribution in [1.82, 2.24) is 4.98 Å². The summed E-state index contributed by atoms with van der Waals surface area (Å²) in [5, 5.41) is 4.17. The van der Waals surface area contributed by atoms with Gasteiger partial charge in [0, 0.05) is 17.3 Å². The number of aliphatic imine (C=N–C) groups is 1. The van der Waals surface area contributed by atoms with Crippen molar-refractivity contribution in [3.8, 4) is 0 Å². The standard InChI is InChI=1S/C7H8N2S2/c1-5-4-11-7(9-5)6-8-2-3-10-6/h2-3,5H,4H2,1H3. The third kappa shape index (κ3) is 1.46. The molecule has 2 heterocycles. The Kier molecular flexibility index (Phi) is 1.96. The molecule has 0 bridgehead atoms. The summed E-state index contributed by atoms with van der Waals surface area (Å²) in [6.45, 7) is 2.13. The van der Waals surface area contributed by atoms with Gasteiger partial charge in [-0.3, -0.25) is 4.99 Å². The fraction of sp³-hybridized carbons (Fsp3) is 0.429. The molecule has 0 saturated heterocycles. The largest absolute Gasteiger partial charge is 0.271 e. The van der Waals surface area contributed by atoms with Crippen LogP contribution in [-0.2, 0) is 0 Å². The van der Waals surface area contributed by atoms with E-state index in [0.29, 0.717) is 6.04 Å². The van der Waals surface area contributed by atoms with E-state index in [0.717, 1.165) is 15.8 Å². The van der Waals surface area contributed by atoms with Crippen molar-refractivity contribution in [3.05, 3.63) is 16.6 Å². The fourth-order valence-electron chi connectivity index (χ4n) is 0.920. The Hall–Kier alpha value is -0.350. The van der Waals surface area contributed by atoms with E-state index >= 15 is 0 Å². The number of nitrogens with zero attached hydrogens (tertiary/aromatic N) is 2. The van der Waals surface area contributed by atoms with Gasteiger partial charge in [-0.1, -0.05) is 0 Å². The van der Waals surface area contributed by atoms with Crippen LogP contribution in [0.25, 0.3) is 0 Å². The highest BCUT2D eigenvalue weighted by Gasteiger charge is 2.16. The molecule has 0 N–H and O–H groups in total. The van der Waals surface area contributed by atoms with Crippen LogP contribution in [0.2, 0.25) is 0 Å². The van der Waals surface area contributed by atoms with Crippen LogP contribution in [-0.4, -0.2) is 21.8 Å². The van der Waals surface area contributed by atoms with E-state index in [1.165, 1.54) is 0 Å². The van der Waals surface area contributed by atoms with Crippen LogP contribution in [0.5, 0.6) is 0 Å². The van der Waals surface area contributed by atoms with E-state index in [9.17, 15) is 0 Å². The Bertz CT molecular complexity index is 266. The average molecular weight is 184 g/mol. The molecule has 1 aromatic rings. The number of thioether (sulfide) groups is 1. The smallest absolute Gasteiger partial charge is 0.147 e. The second-order valence-corrected chi connectivity index (χ2v) is 4.33. The lowest BCUT2D eigenvalue weighted by atomic mass is 10.4. The highest BCUT2D eigenvalue weighted by molar-refractivity contribution is 8.15. The zero-order chi connectivity index (χ0) is 7.68. The monoisotopic (exact) mass is 184 g/mol. The Morgan fingerprint density at radius 2 is 2.55 bits per heavy atom. The summed E-state index contributed by atoms with van der Waals surface area (Å²) in [6.07, 6.45) is 1.83. The molecule has 1 aliphatic heterocycles. The predicted octanol–water partition coefficient (Wildman–Crippen LogP) is 2.03. The molecule has 0 saturated carbocycles. The summed E-state index contributed by atoms with van der Waals surface area (Å²) < 4.78 is 0. The van der Waals surface area contributed by atoms with Crippen molar-refractivity contribution in [1.29, 1.82) is 0 Å². The Labute approximate surface area is 73.8 Å². The molecule has 2 nitrogen and oxygen atoms in total. The third-order valence-corrected chi connectivity index (χ3v) is 3.54. The number of hydrogen-bond acceptors (Lipinski definition) is 4. The van der Waals surface area contributed by atoms with Gasteiger partial charge in [0.05, 0.1) is 6.04 Å². The third-order valence-electron chi connectivity index (χ3n) is 1.41. The second-order valence-electron chi connectivity index (χ2n) is 2.43. The molecular weight excluding hydrogens is 176 g/mol. The Morgan fingerprint density at radius 3 is 3.09 bits per heavy atom. The van der Waals surface area contributed by atoms with Crippen molar-refractivity contribution in [2.75, 3.05) is 5.75 Å². The Morgan fingerprint density at radius 1 is 1.64 bits per heavy atom. The van der Waals surface area contributed by atoms with E-state index in [2.05, 4.69) is 16.9 Å². The molecule has 0 spiro atoms. The van der Waals surface area contributed by atoms with E-state index < -0.39 is 0 Å². The zero-order valence-corrected chi connectivity index (χ0v) is 7.78. The van der Waals surface area contributed by atoms with Gasteiger partial charge >= 0.3 is 0 Å². The van der Waals surface area contributed by atoms with Crippen molar-refractivity contribution >= 4 is 28.1 Å². The lowest BCUT2D eigenvalue weighted by Gasteiger charge is -1.88. The first-order chi connectivity index (χ1) is 5.36. The van der Waals surface area contributed by atoms with Crippen molar-refractivity contribution < 1.29 is 0 Å². The minimum atomic E-state index is 0.471. The first-order valence-electron chi connectivity index (χ1n) is 3.47. The van der Waals surface area contributed by atoms with Gasteiger partial charge in [0.2, 0.25) is 0 Å². The maximum Gasteiger partial charge on any atom is 0.147 e. The van der Waals surface area contributed by atoms with E-state index in [1.807, 2.05) is 11.6 Å².